The molecule has 3 heterocycles. The van der Waals surface area contributed by atoms with Crippen LogP contribution >= 0.6 is 22.6 Å². The minimum Gasteiger partial charge on any atom is -0.314 e. The number of alkyl halides is 1. The Bertz CT molecular complexity index is 818. The molecule has 0 bridgehead atoms. The zero-order valence-corrected chi connectivity index (χ0v) is 15.4. The summed E-state index contributed by atoms with van der Waals surface area (Å²) in [5.41, 5.74) is 2.63. The third-order valence-corrected chi connectivity index (χ3v) is 5.67. The van der Waals surface area contributed by atoms with Crippen LogP contribution in [0.15, 0.2) is 53.8 Å². The number of fused-ring (bicyclic) bond motifs is 2. The molecule has 8 heteroatoms. The van der Waals surface area contributed by atoms with E-state index in [0.717, 1.165) is 30.7 Å². The number of carbonyl (C=O) groups is 2. The number of nitrogens with one attached hydrogen (secondary N) is 2. The Kier molecular flexibility index (Phi) is 4.28. The van der Waals surface area contributed by atoms with E-state index in [-0.39, 0.29) is 15.7 Å². The highest BCUT2D eigenvalue weighted by molar-refractivity contribution is 14.1. The molecular formula is C17H16IN5O2. The molecule has 3 aliphatic rings. The van der Waals surface area contributed by atoms with E-state index in [1.165, 1.54) is 18.6 Å². The van der Waals surface area contributed by atoms with Crippen molar-refractivity contribution in [2.75, 3.05) is 11.9 Å². The van der Waals surface area contributed by atoms with Crippen molar-refractivity contribution in [3.63, 3.8) is 0 Å². The van der Waals surface area contributed by atoms with E-state index in [1.54, 1.807) is 0 Å². The third kappa shape index (κ3) is 2.94. The minimum atomic E-state index is -0.402. The van der Waals surface area contributed by atoms with Crippen molar-refractivity contribution < 1.29 is 9.59 Å². The molecule has 2 atom stereocenters. The van der Waals surface area contributed by atoms with Crippen molar-refractivity contribution in [2.45, 2.75) is 16.8 Å². The van der Waals surface area contributed by atoms with Crippen LogP contribution < -0.4 is 10.6 Å². The van der Waals surface area contributed by atoms with Gasteiger partial charge >= 0.3 is 6.03 Å². The molecule has 2 N–H and O–H groups in total. The van der Waals surface area contributed by atoms with E-state index in [2.05, 4.69) is 43.2 Å². The Balaban J connectivity index is 1.60. The van der Waals surface area contributed by atoms with Gasteiger partial charge in [0.15, 0.2) is 5.82 Å². The molecule has 1 aromatic heterocycles. The number of halogens is 1. The van der Waals surface area contributed by atoms with Crippen LogP contribution in [0.25, 0.3) is 0 Å². The highest BCUT2D eigenvalue weighted by atomic mass is 127. The summed E-state index contributed by atoms with van der Waals surface area (Å²) in [4.78, 5) is 34.8. The molecule has 3 amide bonds. The van der Waals surface area contributed by atoms with Crippen molar-refractivity contribution >= 4 is 40.3 Å². The van der Waals surface area contributed by atoms with Crippen LogP contribution in [0.3, 0.4) is 0 Å². The summed E-state index contributed by atoms with van der Waals surface area (Å²) in [7, 11) is 0. The van der Waals surface area contributed by atoms with Gasteiger partial charge in [0.25, 0.3) is 0 Å². The van der Waals surface area contributed by atoms with Gasteiger partial charge in [-0.3, -0.25) is 15.1 Å². The van der Waals surface area contributed by atoms with Crippen LogP contribution in [0.5, 0.6) is 0 Å². The van der Waals surface area contributed by atoms with Crippen molar-refractivity contribution in [3.8, 4) is 0 Å². The first-order chi connectivity index (χ1) is 12.1. The van der Waals surface area contributed by atoms with Gasteiger partial charge in [-0.05, 0) is 18.9 Å². The van der Waals surface area contributed by atoms with E-state index in [4.69, 9.17) is 0 Å². The van der Waals surface area contributed by atoms with Crippen LogP contribution in [-0.4, -0.2) is 37.3 Å². The van der Waals surface area contributed by atoms with Gasteiger partial charge in [0, 0.05) is 35.9 Å². The Labute approximate surface area is 158 Å². The second-order valence-electron chi connectivity index (χ2n) is 6.01. The monoisotopic (exact) mass is 449 g/mol. The highest BCUT2D eigenvalue weighted by Gasteiger charge is 2.44. The number of nitrogens with zero attached hydrogens (tertiary/aromatic N) is 3. The molecule has 2 aliphatic heterocycles. The Morgan fingerprint density at radius 2 is 2.20 bits per heavy atom. The molecule has 25 heavy (non-hydrogen) atoms. The summed E-state index contributed by atoms with van der Waals surface area (Å²) >= 11 is 2.39. The number of hydrogen-bond acceptors (Lipinski definition) is 4. The predicted molar refractivity (Wildman–Crippen MR) is 101 cm³/mol. The van der Waals surface area contributed by atoms with Gasteiger partial charge in [-0.1, -0.05) is 34.7 Å². The van der Waals surface area contributed by atoms with Crippen LogP contribution in [0.4, 0.5) is 10.6 Å². The molecule has 128 valence electrons. The second-order valence-corrected chi connectivity index (χ2v) is 7.51. The maximum Gasteiger partial charge on any atom is 0.324 e. The molecule has 1 saturated heterocycles. The van der Waals surface area contributed by atoms with Gasteiger partial charge in [0.2, 0.25) is 5.91 Å². The standard InChI is InChI=1S/C17H16IN5O2/c18-11-4-2-8-23-15(11)14-10(16(23)24)3-1-5-12(14)21-17(25)22-13-9-19-6-7-20-13/h1,3,5-7,9-11H,2,4,8H2,(H2,20,21,22,25). The number of rotatable bonds is 2. The molecular weight excluding hydrogens is 433 g/mol. The molecule has 0 spiro atoms. The Morgan fingerprint density at radius 1 is 1.32 bits per heavy atom. The average Bonchev–Trinajstić information content (AvgIpc) is 2.91. The summed E-state index contributed by atoms with van der Waals surface area (Å²) in [6.45, 7) is 0.751. The van der Waals surface area contributed by atoms with Gasteiger partial charge in [0.05, 0.1) is 16.0 Å². The van der Waals surface area contributed by atoms with Gasteiger partial charge < -0.3 is 10.2 Å². The van der Waals surface area contributed by atoms with Crippen molar-refractivity contribution in [3.05, 3.63) is 53.8 Å². The summed E-state index contributed by atoms with van der Waals surface area (Å²) < 4.78 is 0.273. The maximum atomic E-state index is 12.7. The van der Waals surface area contributed by atoms with E-state index >= 15 is 0 Å². The van der Waals surface area contributed by atoms with Crippen LogP contribution in [0, 0.1) is 5.92 Å². The van der Waals surface area contributed by atoms with Crippen molar-refractivity contribution in [2.24, 2.45) is 5.92 Å². The average molecular weight is 449 g/mol. The highest BCUT2D eigenvalue weighted by Crippen LogP contribution is 2.43. The topological polar surface area (TPSA) is 87.2 Å². The molecule has 7 nitrogen and oxygen atoms in total. The number of aromatic nitrogens is 2. The fraction of sp³-hybridized carbons (Fsp3) is 0.294. The lowest BCUT2D eigenvalue weighted by Gasteiger charge is -2.30. The fourth-order valence-electron chi connectivity index (χ4n) is 3.43. The lowest BCUT2D eigenvalue weighted by atomic mass is 9.91. The lowest BCUT2D eigenvalue weighted by Crippen LogP contribution is -2.35. The largest absolute Gasteiger partial charge is 0.324 e. The Morgan fingerprint density at radius 3 is 3.00 bits per heavy atom. The van der Waals surface area contributed by atoms with Crippen LogP contribution in [0.1, 0.15) is 12.8 Å². The minimum absolute atomic E-state index is 0.101. The molecule has 1 aromatic rings. The zero-order chi connectivity index (χ0) is 17.4. The van der Waals surface area contributed by atoms with Gasteiger partial charge in [-0.25, -0.2) is 9.78 Å². The first kappa shape index (κ1) is 16.2. The molecule has 0 saturated carbocycles. The molecule has 4 rings (SSSR count). The van der Waals surface area contributed by atoms with E-state index in [0.29, 0.717) is 11.5 Å². The van der Waals surface area contributed by atoms with E-state index in [1.807, 2.05) is 23.1 Å². The lowest BCUT2D eigenvalue weighted by molar-refractivity contribution is -0.129. The third-order valence-electron chi connectivity index (χ3n) is 4.46. The molecule has 1 fully saturated rings. The van der Waals surface area contributed by atoms with Crippen LogP contribution in [-0.2, 0) is 4.79 Å². The van der Waals surface area contributed by atoms with E-state index in [9.17, 15) is 9.59 Å². The second kappa shape index (κ2) is 6.58. The maximum absolute atomic E-state index is 12.7. The van der Waals surface area contributed by atoms with Crippen LogP contribution in [0.2, 0.25) is 0 Å². The number of urea groups is 1. The fourth-order valence-corrected chi connectivity index (χ4v) is 4.54. The quantitative estimate of drug-likeness (QED) is 0.536. The first-order valence-corrected chi connectivity index (χ1v) is 9.32. The number of anilines is 1. The van der Waals surface area contributed by atoms with Crippen molar-refractivity contribution in [1.82, 2.24) is 20.2 Å². The normalized spacial score (nSPS) is 24.6. The van der Waals surface area contributed by atoms with Gasteiger partial charge in [-0.2, -0.15) is 0 Å². The molecule has 1 aliphatic carbocycles. The number of carbonyl (C=O) groups excluding carboxylic acids is 2. The number of allylic oxidation sites excluding steroid dienone is 4. The summed E-state index contributed by atoms with van der Waals surface area (Å²) in [6.07, 6.45) is 12.1. The van der Waals surface area contributed by atoms with Gasteiger partial charge in [-0.15, -0.1) is 0 Å². The van der Waals surface area contributed by atoms with Gasteiger partial charge in [0.1, 0.15) is 0 Å². The molecule has 2 unspecified atom stereocenters. The Hall–Kier alpha value is -2.23. The predicted octanol–water partition coefficient (Wildman–Crippen LogP) is 2.36. The number of amides is 3. The summed E-state index contributed by atoms with van der Waals surface area (Å²) in [6, 6.07) is -0.402. The summed E-state index contributed by atoms with van der Waals surface area (Å²) in [5.74, 6) is 0.168. The smallest absolute Gasteiger partial charge is 0.314 e. The number of piperidine rings is 1. The number of hydrogen-bond donors (Lipinski definition) is 2. The van der Waals surface area contributed by atoms with E-state index < -0.39 is 6.03 Å². The molecule has 0 aromatic carbocycles. The summed E-state index contributed by atoms with van der Waals surface area (Å²) in [5, 5.41) is 5.52. The molecule has 0 radical (unpaired) electrons. The SMILES string of the molecule is O=C(NC1=CC=CC2C(=O)N3CCCC(I)C3=C12)Nc1cnccn1. The first-order valence-electron chi connectivity index (χ1n) is 8.07. The zero-order valence-electron chi connectivity index (χ0n) is 13.3. The van der Waals surface area contributed by atoms with Crippen molar-refractivity contribution in [1.29, 1.82) is 0 Å².